The van der Waals surface area contributed by atoms with E-state index in [4.69, 9.17) is 0 Å². The number of nitrogens with zero attached hydrogens (tertiary/aromatic N) is 4. The highest BCUT2D eigenvalue weighted by Gasteiger charge is 2.11. The number of anilines is 1. The first kappa shape index (κ1) is 11.6. The SMILES string of the molecule is CCCn1cncc1-c1nccnc1NCC. The average Bonchev–Trinajstić information content (AvgIpc) is 2.79. The molecule has 2 aromatic rings. The monoisotopic (exact) mass is 231 g/mol. The zero-order valence-corrected chi connectivity index (χ0v) is 10.2. The number of aryl methyl sites for hydroxylation is 1. The van der Waals surface area contributed by atoms with Crippen molar-refractivity contribution < 1.29 is 0 Å². The van der Waals surface area contributed by atoms with Gasteiger partial charge in [0.15, 0.2) is 5.82 Å². The molecular formula is C12H17N5. The Hall–Kier alpha value is -1.91. The maximum atomic E-state index is 4.40. The molecule has 0 aliphatic heterocycles. The Labute approximate surface area is 101 Å². The fraction of sp³-hybridized carbons (Fsp3) is 0.417. The molecule has 0 bridgehead atoms. The summed E-state index contributed by atoms with van der Waals surface area (Å²) in [6.07, 6.45) is 8.14. The minimum Gasteiger partial charge on any atom is -0.368 e. The van der Waals surface area contributed by atoms with Crippen molar-refractivity contribution in [3.8, 4) is 11.4 Å². The quantitative estimate of drug-likeness (QED) is 0.857. The van der Waals surface area contributed by atoms with Gasteiger partial charge in [-0.1, -0.05) is 6.92 Å². The topological polar surface area (TPSA) is 55.6 Å². The Balaban J connectivity index is 2.41. The van der Waals surface area contributed by atoms with Gasteiger partial charge in [0.2, 0.25) is 0 Å². The van der Waals surface area contributed by atoms with Crippen LogP contribution in [0.3, 0.4) is 0 Å². The highest BCUT2D eigenvalue weighted by molar-refractivity contribution is 5.67. The predicted molar refractivity (Wildman–Crippen MR) is 67.7 cm³/mol. The molecule has 0 spiro atoms. The molecule has 0 aliphatic rings. The van der Waals surface area contributed by atoms with E-state index in [1.807, 2.05) is 19.4 Å². The second kappa shape index (κ2) is 5.43. The highest BCUT2D eigenvalue weighted by atomic mass is 15.1. The lowest BCUT2D eigenvalue weighted by molar-refractivity contribution is 0.683. The van der Waals surface area contributed by atoms with Crippen LogP contribution in [0, 0.1) is 0 Å². The summed E-state index contributed by atoms with van der Waals surface area (Å²) in [6, 6.07) is 0. The van der Waals surface area contributed by atoms with Gasteiger partial charge in [0, 0.05) is 25.5 Å². The van der Waals surface area contributed by atoms with Crippen LogP contribution in [0.2, 0.25) is 0 Å². The third-order valence-electron chi connectivity index (χ3n) is 2.46. The van der Waals surface area contributed by atoms with Gasteiger partial charge < -0.3 is 9.88 Å². The van der Waals surface area contributed by atoms with E-state index in [0.29, 0.717) is 0 Å². The molecule has 2 heterocycles. The summed E-state index contributed by atoms with van der Waals surface area (Å²) in [6.45, 7) is 5.96. The Kier molecular flexibility index (Phi) is 3.69. The van der Waals surface area contributed by atoms with Crippen molar-refractivity contribution >= 4 is 5.82 Å². The maximum absolute atomic E-state index is 4.40. The molecule has 0 aromatic carbocycles. The lowest BCUT2D eigenvalue weighted by atomic mass is 10.3. The van der Waals surface area contributed by atoms with Gasteiger partial charge >= 0.3 is 0 Å². The summed E-state index contributed by atoms with van der Waals surface area (Å²) in [7, 11) is 0. The number of imidazole rings is 1. The van der Waals surface area contributed by atoms with Crippen molar-refractivity contribution in [3.05, 3.63) is 24.9 Å². The maximum Gasteiger partial charge on any atom is 0.154 e. The van der Waals surface area contributed by atoms with Crippen molar-refractivity contribution in [1.29, 1.82) is 0 Å². The third kappa shape index (κ3) is 2.43. The highest BCUT2D eigenvalue weighted by Crippen LogP contribution is 2.23. The fourth-order valence-corrected chi connectivity index (χ4v) is 1.76. The molecule has 2 aromatic heterocycles. The first-order valence-electron chi connectivity index (χ1n) is 5.92. The van der Waals surface area contributed by atoms with Crippen molar-refractivity contribution in [2.24, 2.45) is 0 Å². The Morgan fingerprint density at radius 3 is 2.82 bits per heavy atom. The molecule has 17 heavy (non-hydrogen) atoms. The van der Waals surface area contributed by atoms with Gasteiger partial charge in [0.1, 0.15) is 5.69 Å². The molecule has 0 radical (unpaired) electrons. The number of nitrogens with one attached hydrogen (secondary N) is 1. The minimum absolute atomic E-state index is 0.813. The number of aromatic nitrogens is 4. The van der Waals surface area contributed by atoms with Crippen molar-refractivity contribution in [2.75, 3.05) is 11.9 Å². The molecule has 0 amide bonds. The molecule has 1 N–H and O–H groups in total. The van der Waals surface area contributed by atoms with Crippen LogP contribution in [-0.2, 0) is 6.54 Å². The lowest BCUT2D eigenvalue weighted by Crippen LogP contribution is -2.05. The predicted octanol–water partition coefficient (Wildman–Crippen LogP) is 2.18. The first-order valence-corrected chi connectivity index (χ1v) is 5.92. The minimum atomic E-state index is 0.813. The third-order valence-corrected chi connectivity index (χ3v) is 2.46. The van der Waals surface area contributed by atoms with Crippen molar-refractivity contribution in [1.82, 2.24) is 19.5 Å². The molecule has 5 nitrogen and oxygen atoms in total. The summed E-state index contributed by atoms with van der Waals surface area (Å²) in [5.41, 5.74) is 1.87. The average molecular weight is 231 g/mol. The van der Waals surface area contributed by atoms with Gasteiger partial charge in [-0.25, -0.2) is 15.0 Å². The largest absolute Gasteiger partial charge is 0.368 e. The zero-order chi connectivity index (χ0) is 12.1. The summed E-state index contributed by atoms with van der Waals surface area (Å²) < 4.78 is 2.10. The summed E-state index contributed by atoms with van der Waals surface area (Å²) in [5, 5.41) is 3.22. The second-order valence-corrected chi connectivity index (χ2v) is 3.76. The van der Waals surface area contributed by atoms with Gasteiger partial charge in [-0.05, 0) is 13.3 Å². The zero-order valence-electron chi connectivity index (χ0n) is 10.2. The molecule has 90 valence electrons. The normalized spacial score (nSPS) is 10.5. The standard InChI is InChI=1S/C12H17N5/c1-3-7-17-9-13-8-10(17)11-12(14-4-2)16-6-5-15-11/h5-6,8-9H,3-4,7H2,1-2H3,(H,14,16). The van der Waals surface area contributed by atoms with Gasteiger partial charge in [-0.2, -0.15) is 0 Å². The van der Waals surface area contributed by atoms with E-state index < -0.39 is 0 Å². The van der Waals surface area contributed by atoms with Crippen LogP contribution in [-0.4, -0.2) is 26.1 Å². The van der Waals surface area contributed by atoms with Gasteiger partial charge in [-0.15, -0.1) is 0 Å². The molecule has 0 aliphatic carbocycles. The fourth-order valence-electron chi connectivity index (χ4n) is 1.76. The molecule has 2 rings (SSSR count). The number of hydrogen-bond acceptors (Lipinski definition) is 4. The molecular weight excluding hydrogens is 214 g/mol. The van der Waals surface area contributed by atoms with Crippen molar-refractivity contribution in [3.63, 3.8) is 0 Å². The molecule has 0 unspecified atom stereocenters. The van der Waals surface area contributed by atoms with E-state index in [-0.39, 0.29) is 0 Å². The summed E-state index contributed by atoms with van der Waals surface area (Å²) in [5.74, 6) is 0.813. The van der Waals surface area contributed by atoms with Gasteiger partial charge in [0.25, 0.3) is 0 Å². The van der Waals surface area contributed by atoms with Crippen LogP contribution in [0.5, 0.6) is 0 Å². The second-order valence-electron chi connectivity index (χ2n) is 3.76. The van der Waals surface area contributed by atoms with Crippen LogP contribution in [0.15, 0.2) is 24.9 Å². The van der Waals surface area contributed by atoms with E-state index in [2.05, 4.69) is 31.8 Å². The molecule has 0 atom stereocenters. The number of rotatable bonds is 5. The lowest BCUT2D eigenvalue weighted by Gasteiger charge is -2.10. The van der Waals surface area contributed by atoms with Crippen LogP contribution >= 0.6 is 0 Å². The van der Waals surface area contributed by atoms with Crippen molar-refractivity contribution in [2.45, 2.75) is 26.8 Å². The molecule has 0 fully saturated rings. The van der Waals surface area contributed by atoms with Gasteiger partial charge in [0.05, 0.1) is 18.2 Å². The summed E-state index contributed by atoms with van der Waals surface area (Å²) in [4.78, 5) is 12.9. The van der Waals surface area contributed by atoms with E-state index in [1.165, 1.54) is 0 Å². The first-order chi connectivity index (χ1) is 8.36. The molecule has 0 saturated carbocycles. The Morgan fingerprint density at radius 2 is 2.06 bits per heavy atom. The van der Waals surface area contributed by atoms with Gasteiger partial charge in [-0.3, -0.25) is 0 Å². The Bertz CT molecular complexity index is 477. The van der Waals surface area contributed by atoms with Crippen LogP contribution in [0.1, 0.15) is 20.3 Å². The van der Waals surface area contributed by atoms with Crippen LogP contribution in [0.25, 0.3) is 11.4 Å². The van der Waals surface area contributed by atoms with E-state index in [9.17, 15) is 0 Å². The molecule has 5 heteroatoms. The van der Waals surface area contributed by atoms with Crippen LogP contribution < -0.4 is 5.32 Å². The van der Waals surface area contributed by atoms with E-state index in [0.717, 1.165) is 36.7 Å². The molecule has 0 saturated heterocycles. The van der Waals surface area contributed by atoms with Crippen LogP contribution in [0.4, 0.5) is 5.82 Å². The smallest absolute Gasteiger partial charge is 0.154 e. The van der Waals surface area contributed by atoms with E-state index in [1.54, 1.807) is 12.4 Å². The van der Waals surface area contributed by atoms with E-state index >= 15 is 0 Å². The number of hydrogen-bond donors (Lipinski definition) is 1. The summed E-state index contributed by atoms with van der Waals surface area (Å²) >= 11 is 0. The Morgan fingerprint density at radius 1 is 1.24 bits per heavy atom.